The van der Waals surface area contributed by atoms with Crippen molar-refractivity contribution in [3.8, 4) is 0 Å². The van der Waals surface area contributed by atoms with E-state index in [0.717, 1.165) is 12.5 Å². The largest absolute Gasteiger partial charge is 0.481 e. The molecule has 1 heterocycles. The van der Waals surface area contributed by atoms with E-state index >= 15 is 0 Å². The number of carboxylic acid groups (broad SMARTS) is 3. The second-order valence-corrected chi connectivity index (χ2v) is 19.4. The van der Waals surface area contributed by atoms with Crippen LogP contribution in [0, 0.1) is 0 Å². The van der Waals surface area contributed by atoms with Crippen molar-refractivity contribution in [3.05, 3.63) is 71.8 Å². The van der Waals surface area contributed by atoms with Crippen LogP contribution in [0.4, 0.5) is 0 Å². The van der Waals surface area contributed by atoms with Gasteiger partial charge in [-0.2, -0.15) is 11.8 Å². The molecular weight excluding hydrogens is 1060 g/mol. The van der Waals surface area contributed by atoms with Gasteiger partial charge in [-0.3, -0.25) is 62.3 Å². The smallest absolute Gasteiger partial charge is 0.322 e. The van der Waals surface area contributed by atoms with Crippen LogP contribution in [0.2, 0.25) is 0 Å². The fourth-order valence-electron chi connectivity index (χ4n) is 8.07. The summed E-state index contributed by atoms with van der Waals surface area (Å²) in [6.45, 7) is -0.470. The quantitative estimate of drug-likeness (QED) is 0.0316. The number of nitrogens with one attached hydrogen (secondary N) is 8. The normalized spacial score (nSPS) is 15.8. The Labute approximate surface area is 458 Å². The molecule has 0 bridgehead atoms. The van der Waals surface area contributed by atoms with Gasteiger partial charge in [0, 0.05) is 25.8 Å². The van der Waals surface area contributed by atoms with Crippen LogP contribution in [0.5, 0.6) is 0 Å². The van der Waals surface area contributed by atoms with Gasteiger partial charge in [0.1, 0.15) is 48.8 Å². The first-order valence-electron chi connectivity index (χ1n) is 25.0. The Balaban J connectivity index is 1.78. The molecule has 0 saturated carbocycles. The van der Waals surface area contributed by atoms with Crippen LogP contribution in [0.25, 0.3) is 0 Å². The van der Waals surface area contributed by atoms with Gasteiger partial charge in [-0.25, -0.2) is 0 Å². The molecule has 0 radical (unpaired) electrons. The van der Waals surface area contributed by atoms with Crippen molar-refractivity contribution < 1.29 is 82.8 Å². The number of likely N-dealkylation sites (tertiary alicyclic amines) is 1. The maximum Gasteiger partial charge on any atom is 0.322 e. The minimum Gasteiger partial charge on any atom is -0.481 e. The highest BCUT2D eigenvalue weighted by Gasteiger charge is 2.39. The van der Waals surface area contributed by atoms with Crippen LogP contribution in [-0.2, 0) is 75.2 Å². The van der Waals surface area contributed by atoms with Crippen LogP contribution in [0.15, 0.2) is 60.7 Å². The number of nitrogens with zero attached hydrogens (tertiary/aromatic N) is 1. The number of primary amides is 1. The molecule has 3 rings (SSSR count). The fourth-order valence-corrected chi connectivity index (χ4v) is 8.54. The number of aliphatic carboxylic acids is 3. The highest BCUT2D eigenvalue weighted by molar-refractivity contribution is 7.98. The molecule has 0 aliphatic carbocycles. The topological polar surface area (TPSA) is 454 Å². The number of hydrogen-bond donors (Lipinski definition) is 14. The van der Waals surface area contributed by atoms with Gasteiger partial charge in [0.05, 0.1) is 25.1 Å². The first-order valence-corrected chi connectivity index (χ1v) is 26.4. The summed E-state index contributed by atoms with van der Waals surface area (Å²) in [4.78, 5) is 169. The number of hydrogen-bond acceptors (Lipinski definition) is 16. The lowest BCUT2D eigenvalue weighted by atomic mass is 10.0. The molecule has 16 N–H and O–H groups in total. The summed E-state index contributed by atoms with van der Waals surface area (Å²) in [5, 5.41) is 57.4. The predicted octanol–water partition coefficient (Wildman–Crippen LogP) is -4.25. The lowest BCUT2D eigenvalue weighted by Gasteiger charge is -2.28. The first-order chi connectivity index (χ1) is 37.4. The zero-order chi connectivity index (χ0) is 58.8. The molecule has 0 aromatic heterocycles. The molecule has 432 valence electrons. The number of nitrogens with two attached hydrogens (primary N) is 2. The second kappa shape index (κ2) is 33.2. The third-order valence-corrected chi connectivity index (χ3v) is 12.8. The lowest BCUT2D eigenvalue weighted by molar-refractivity contribution is -0.143. The van der Waals surface area contributed by atoms with Gasteiger partial charge in [0.25, 0.3) is 0 Å². The molecule has 79 heavy (non-hydrogen) atoms. The highest BCUT2D eigenvalue weighted by Crippen LogP contribution is 2.20. The molecule has 1 aliphatic rings. The molecule has 10 amide bonds. The maximum absolute atomic E-state index is 14.1. The number of carbonyl (C=O) groups is 13. The zero-order valence-electron chi connectivity index (χ0n) is 43.5. The van der Waals surface area contributed by atoms with Gasteiger partial charge >= 0.3 is 17.9 Å². The Kier molecular flexibility index (Phi) is 27.4. The molecule has 9 atom stereocenters. The van der Waals surface area contributed by atoms with E-state index in [9.17, 15) is 77.6 Å². The van der Waals surface area contributed by atoms with E-state index < -0.39 is 170 Å². The number of amides is 10. The number of aliphatic hydroxyl groups excluding tert-OH is 1. The Morgan fingerprint density at radius 2 is 1.13 bits per heavy atom. The number of carboxylic acids is 3. The van der Waals surface area contributed by atoms with Crippen molar-refractivity contribution in [1.29, 1.82) is 0 Å². The standard InChI is InChI=1S/C50H69N11O17S/c1-27(62)42(49(77)57-33(19-21-79-2)46(74)56-31(15-17-37(52)63)43(71)54-26-41(69)70)60-47(75)34(23-29-12-7-4-8-13-29)58-45(73)32(16-18-39(65)66)55-38(64)25-53-44(72)35(24-40(67)68)59-48(76)36-14-9-20-61(36)50(78)30(51)22-28-10-5-3-6-11-28/h3-8,10-13,27,30-36,42,62H,9,14-26,51H2,1-2H3,(H2,52,63)(H,53,72)(H,54,71)(H,55,64)(H,56,74)(H,57,77)(H,58,73)(H,59,76)(H,60,75)(H,65,66)(H,67,68)(H,69,70)/t27-,30+,31+,32+,33+,34+,35+,36+,42+/m1/s1. The third-order valence-electron chi connectivity index (χ3n) is 12.1. The van der Waals surface area contributed by atoms with E-state index in [1.165, 1.54) is 16.7 Å². The Hall–Kier alpha value is -8.18. The van der Waals surface area contributed by atoms with E-state index in [1.54, 1.807) is 66.9 Å². The van der Waals surface area contributed by atoms with Gasteiger partial charge < -0.3 is 79.3 Å². The maximum atomic E-state index is 14.1. The van der Waals surface area contributed by atoms with Crippen LogP contribution < -0.4 is 54.0 Å². The van der Waals surface area contributed by atoms with Crippen LogP contribution in [0.1, 0.15) is 69.4 Å². The summed E-state index contributed by atoms with van der Waals surface area (Å²) in [5.41, 5.74) is 12.7. The molecular formula is C50H69N11O17S. The molecule has 2 aromatic carbocycles. The summed E-state index contributed by atoms with van der Waals surface area (Å²) in [7, 11) is 0. The minimum atomic E-state index is -1.83. The summed E-state index contributed by atoms with van der Waals surface area (Å²) >= 11 is 1.27. The lowest BCUT2D eigenvalue weighted by Crippen LogP contribution is -2.61. The molecule has 28 nitrogen and oxygen atoms in total. The van der Waals surface area contributed by atoms with Crippen LogP contribution in [-0.4, -0.2) is 188 Å². The Morgan fingerprint density at radius 3 is 1.68 bits per heavy atom. The zero-order valence-corrected chi connectivity index (χ0v) is 44.3. The van der Waals surface area contributed by atoms with E-state index in [1.807, 2.05) is 0 Å². The monoisotopic (exact) mass is 1130 g/mol. The fraction of sp³-hybridized carbons (Fsp3) is 0.500. The van der Waals surface area contributed by atoms with Crippen LogP contribution in [0.3, 0.4) is 0 Å². The van der Waals surface area contributed by atoms with Crippen molar-refractivity contribution in [2.45, 2.75) is 126 Å². The average Bonchev–Trinajstić information content (AvgIpc) is 3.90. The number of carbonyl (C=O) groups excluding carboxylic acids is 10. The minimum absolute atomic E-state index is 0.0770. The summed E-state index contributed by atoms with van der Waals surface area (Å²) in [6, 6.07) is 4.97. The summed E-state index contributed by atoms with van der Waals surface area (Å²) in [6.07, 6.45) is -2.58. The predicted molar refractivity (Wildman–Crippen MR) is 280 cm³/mol. The second-order valence-electron chi connectivity index (χ2n) is 18.4. The van der Waals surface area contributed by atoms with E-state index in [0.29, 0.717) is 12.0 Å². The molecule has 1 saturated heterocycles. The van der Waals surface area contributed by atoms with Gasteiger partial charge in [-0.15, -0.1) is 0 Å². The van der Waals surface area contributed by atoms with Crippen molar-refractivity contribution >= 4 is 88.7 Å². The van der Waals surface area contributed by atoms with E-state index in [-0.39, 0.29) is 44.4 Å². The Bertz CT molecular complexity index is 2490. The summed E-state index contributed by atoms with van der Waals surface area (Å²) < 4.78 is 0. The number of aliphatic hydroxyl groups is 1. The molecule has 2 aromatic rings. The molecule has 1 fully saturated rings. The number of benzene rings is 2. The SMILES string of the molecule is CSCC[C@H](NC(=O)[C@@H](NC(=O)[C@H](Cc1ccccc1)NC(=O)[C@H](CCC(=O)O)NC(=O)CNC(=O)[C@H](CC(=O)O)NC(=O)[C@@H]1CCCN1C(=O)[C@@H](N)Cc1ccccc1)[C@@H](C)O)C(=O)N[C@@H](CCC(N)=O)C(=O)NCC(=O)O. The van der Waals surface area contributed by atoms with Gasteiger partial charge in [0.15, 0.2) is 0 Å². The number of thioether (sulfide) groups is 1. The van der Waals surface area contributed by atoms with Crippen molar-refractivity contribution in [2.24, 2.45) is 11.5 Å². The van der Waals surface area contributed by atoms with Gasteiger partial charge in [-0.05, 0) is 68.6 Å². The molecule has 29 heteroatoms. The third kappa shape index (κ3) is 23.1. The summed E-state index contributed by atoms with van der Waals surface area (Å²) in [5.74, 6) is -13.8. The highest BCUT2D eigenvalue weighted by atomic mass is 32.2. The van der Waals surface area contributed by atoms with Crippen molar-refractivity contribution in [1.82, 2.24) is 47.4 Å². The van der Waals surface area contributed by atoms with Gasteiger partial charge in [-0.1, -0.05) is 60.7 Å². The molecule has 0 unspecified atom stereocenters. The van der Waals surface area contributed by atoms with Crippen LogP contribution >= 0.6 is 11.8 Å². The van der Waals surface area contributed by atoms with Crippen molar-refractivity contribution in [3.63, 3.8) is 0 Å². The molecule has 0 spiro atoms. The van der Waals surface area contributed by atoms with Crippen molar-refractivity contribution in [2.75, 3.05) is 31.6 Å². The van der Waals surface area contributed by atoms with E-state index in [4.69, 9.17) is 16.6 Å². The Morgan fingerprint density at radius 1 is 0.608 bits per heavy atom. The van der Waals surface area contributed by atoms with Gasteiger partial charge in [0.2, 0.25) is 59.1 Å². The first kappa shape index (κ1) is 65.1. The average molecular weight is 1130 g/mol. The number of rotatable bonds is 34. The van der Waals surface area contributed by atoms with E-state index in [2.05, 4.69) is 42.5 Å². The molecule has 1 aliphatic heterocycles.